The van der Waals surface area contributed by atoms with Gasteiger partial charge in [0.25, 0.3) is 5.56 Å². The maximum absolute atomic E-state index is 11.9. The van der Waals surface area contributed by atoms with E-state index in [1.807, 2.05) is 30.5 Å². The van der Waals surface area contributed by atoms with E-state index in [9.17, 15) is 4.79 Å². The minimum Gasteiger partial charge on any atom is -0.357 e. The van der Waals surface area contributed by atoms with Crippen LogP contribution >= 0.6 is 24.0 Å². The average molecular weight is 516 g/mol. The second-order valence-corrected chi connectivity index (χ2v) is 6.96. The van der Waals surface area contributed by atoms with Gasteiger partial charge in [-0.05, 0) is 36.6 Å². The fourth-order valence-electron chi connectivity index (χ4n) is 3.06. The Morgan fingerprint density at radius 3 is 2.30 bits per heavy atom. The first-order valence-electron chi connectivity index (χ1n) is 9.99. The summed E-state index contributed by atoms with van der Waals surface area (Å²) >= 11 is 0. The molecule has 0 amide bonds. The predicted molar refractivity (Wildman–Crippen MR) is 134 cm³/mol. The highest BCUT2D eigenvalue weighted by molar-refractivity contribution is 14.0. The molecule has 0 bridgehead atoms. The van der Waals surface area contributed by atoms with E-state index in [1.165, 1.54) is 5.56 Å². The van der Waals surface area contributed by atoms with Gasteiger partial charge >= 0.3 is 0 Å². The Kier molecular flexibility index (Phi) is 9.60. The van der Waals surface area contributed by atoms with Gasteiger partial charge in [-0.2, -0.15) is 0 Å². The first-order valence-corrected chi connectivity index (χ1v) is 9.99. The summed E-state index contributed by atoms with van der Waals surface area (Å²) in [6.45, 7) is 6.15. The standard InChI is InChI=1S/C24H28N4O.HI/c1-3-25-24(27-19(2)22-9-5-4-6-10-22)26-17-20-12-14-21(15-13-20)18-28-16-8-7-11-23(28)29;/h4-16,19H,3,17-18H2,1-2H3,(H2,25,26,27);1H. The molecule has 6 heteroatoms. The van der Waals surface area contributed by atoms with Crippen LogP contribution in [0.25, 0.3) is 0 Å². The van der Waals surface area contributed by atoms with E-state index in [1.54, 1.807) is 16.7 Å². The van der Waals surface area contributed by atoms with Gasteiger partial charge in [0.2, 0.25) is 0 Å². The van der Waals surface area contributed by atoms with Crippen molar-refractivity contribution in [3.05, 3.63) is 106 Å². The lowest BCUT2D eigenvalue weighted by atomic mass is 10.1. The van der Waals surface area contributed by atoms with Crippen molar-refractivity contribution >= 4 is 29.9 Å². The highest BCUT2D eigenvalue weighted by atomic mass is 127. The number of hydrogen-bond acceptors (Lipinski definition) is 2. The summed E-state index contributed by atoms with van der Waals surface area (Å²) in [5.74, 6) is 0.795. The summed E-state index contributed by atoms with van der Waals surface area (Å²) in [5.41, 5.74) is 3.45. The third-order valence-electron chi connectivity index (χ3n) is 4.69. The molecule has 3 aromatic rings. The van der Waals surface area contributed by atoms with Crippen molar-refractivity contribution in [3.8, 4) is 0 Å². The molecule has 0 radical (unpaired) electrons. The highest BCUT2D eigenvalue weighted by Crippen LogP contribution is 2.11. The predicted octanol–water partition coefficient (Wildman–Crippen LogP) is 4.33. The van der Waals surface area contributed by atoms with Crippen LogP contribution in [0.4, 0.5) is 0 Å². The van der Waals surface area contributed by atoms with Crippen LogP contribution in [0.2, 0.25) is 0 Å². The molecule has 0 aliphatic carbocycles. The second-order valence-electron chi connectivity index (χ2n) is 6.96. The lowest BCUT2D eigenvalue weighted by Crippen LogP contribution is -2.38. The third-order valence-corrected chi connectivity index (χ3v) is 4.69. The summed E-state index contributed by atoms with van der Waals surface area (Å²) in [5, 5.41) is 6.76. The topological polar surface area (TPSA) is 58.4 Å². The summed E-state index contributed by atoms with van der Waals surface area (Å²) in [6, 6.07) is 23.9. The molecule has 0 saturated heterocycles. The van der Waals surface area contributed by atoms with Crippen molar-refractivity contribution in [2.75, 3.05) is 6.54 Å². The fraction of sp³-hybridized carbons (Fsp3) is 0.250. The van der Waals surface area contributed by atoms with Gasteiger partial charge in [-0.1, -0.05) is 60.7 Å². The van der Waals surface area contributed by atoms with E-state index < -0.39 is 0 Å². The summed E-state index contributed by atoms with van der Waals surface area (Å²) in [4.78, 5) is 16.6. The van der Waals surface area contributed by atoms with E-state index >= 15 is 0 Å². The van der Waals surface area contributed by atoms with Crippen LogP contribution in [-0.4, -0.2) is 17.1 Å². The van der Waals surface area contributed by atoms with Crippen LogP contribution in [-0.2, 0) is 13.1 Å². The molecule has 0 fully saturated rings. The number of halogens is 1. The number of rotatable bonds is 7. The number of nitrogens with zero attached hydrogens (tertiary/aromatic N) is 2. The quantitative estimate of drug-likeness (QED) is 0.279. The first kappa shape index (κ1) is 23.7. The van der Waals surface area contributed by atoms with Crippen LogP contribution in [0.5, 0.6) is 0 Å². The molecule has 1 atom stereocenters. The van der Waals surface area contributed by atoms with Crippen LogP contribution < -0.4 is 16.2 Å². The molecule has 0 saturated carbocycles. The van der Waals surface area contributed by atoms with Crippen LogP contribution in [0.15, 0.2) is 88.8 Å². The SMILES string of the molecule is CCNC(=NCc1ccc(Cn2ccccc2=O)cc1)NC(C)c1ccccc1.I. The number of pyridine rings is 1. The molecule has 1 aromatic heterocycles. The number of aromatic nitrogens is 1. The molecule has 1 heterocycles. The number of hydrogen-bond donors (Lipinski definition) is 2. The molecule has 0 aliphatic heterocycles. The van der Waals surface area contributed by atoms with Gasteiger partial charge in [-0.3, -0.25) is 4.79 Å². The minimum atomic E-state index is 0. The molecule has 5 nitrogen and oxygen atoms in total. The largest absolute Gasteiger partial charge is 0.357 e. The molecule has 158 valence electrons. The van der Waals surface area contributed by atoms with Crippen molar-refractivity contribution in [2.24, 2.45) is 4.99 Å². The Balaban J connectivity index is 0.00000320. The molecule has 1 unspecified atom stereocenters. The smallest absolute Gasteiger partial charge is 0.250 e. The van der Waals surface area contributed by atoms with Gasteiger partial charge in [0.15, 0.2) is 5.96 Å². The normalized spacial score (nSPS) is 12.0. The Morgan fingerprint density at radius 1 is 0.967 bits per heavy atom. The number of aliphatic imine (C=N–C) groups is 1. The van der Waals surface area contributed by atoms with E-state index in [4.69, 9.17) is 4.99 Å². The zero-order valence-electron chi connectivity index (χ0n) is 17.4. The lowest BCUT2D eigenvalue weighted by molar-refractivity contribution is 0.686. The Labute approximate surface area is 195 Å². The maximum atomic E-state index is 11.9. The molecule has 3 rings (SSSR count). The fourth-order valence-corrected chi connectivity index (χ4v) is 3.06. The van der Waals surface area contributed by atoms with Crippen molar-refractivity contribution in [1.82, 2.24) is 15.2 Å². The van der Waals surface area contributed by atoms with Gasteiger partial charge in [0.1, 0.15) is 0 Å². The van der Waals surface area contributed by atoms with Crippen LogP contribution in [0.3, 0.4) is 0 Å². The molecular formula is C24H29IN4O. The second kappa shape index (κ2) is 12.2. The molecule has 30 heavy (non-hydrogen) atoms. The van der Waals surface area contributed by atoms with Crippen molar-refractivity contribution in [3.63, 3.8) is 0 Å². The molecular weight excluding hydrogens is 487 g/mol. The zero-order chi connectivity index (χ0) is 20.5. The van der Waals surface area contributed by atoms with Crippen LogP contribution in [0.1, 0.15) is 36.6 Å². The maximum Gasteiger partial charge on any atom is 0.250 e. The van der Waals surface area contributed by atoms with Gasteiger partial charge in [-0.25, -0.2) is 4.99 Å². The lowest BCUT2D eigenvalue weighted by Gasteiger charge is -2.18. The van der Waals surface area contributed by atoms with Gasteiger partial charge < -0.3 is 15.2 Å². The summed E-state index contributed by atoms with van der Waals surface area (Å²) in [6.07, 6.45) is 1.81. The van der Waals surface area contributed by atoms with Gasteiger partial charge in [0, 0.05) is 18.8 Å². The monoisotopic (exact) mass is 516 g/mol. The first-order chi connectivity index (χ1) is 14.2. The van der Waals surface area contributed by atoms with E-state index in [2.05, 4.69) is 60.9 Å². The molecule has 2 aromatic carbocycles. The number of guanidine groups is 1. The summed E-state index contributed by atoms with van der Waals surface area (Å²) in [7, 11) is 0. The zero-order valence-corrected chi connectivity index (χ0v) is 19.7. The average Bonchev–Trinajstić information content (AvgIpc) is 2.75. The molecule has 2 N–H and O–H groups in total. The van der Waals surface area contributed by atoms with E-state index in [0.29, 0.717) is 13.1 Å². The highest BCUT2D eigenvalue weighted by Gasteiger charge is 2.07. The van der Waals surface area contributed by atoms with Crippen molar-refractivity contribution in [1.29, 1.82) is 0 Å². The number of nitrogens with one attached hydrogen (secondary N) is 2. The Bertz CT molecular complexity index is 984. The Morgan fingerprint density at radius 2 is 1.63 bits per heavy atom. The minimum absolute atomic E-state index is 0. The third kappa shape index (κ3) is 7.02. The number of benzene rings is 2. The van der Waals surface area contributed by atoms with E-state index in [-0.39, 0.29) is 35.6 Å². The van der Waals surface area contributed by atoms with Crippen molar-refractivity contribution in [2.45, 2.75) is 33.0 Å². The summed E-state index contributed by atoms with van der Waals surface area (Å²) < 4.78 is 1.70. The molecule has 0 aliphatic rings. The Hall–Kier alpha value is -2.61. The van der Waals surface area contributed by atoms with Gasteiger partial charge in [0.05, 0.1) is 19.1 Å². The van der Waals surface area contributed by atoms with Crippen molar-refractivity contribution < 1.29 is 0 Å². The van der Waals surface area contributed by atoms with Gasteiger partial charge in [-0.15, -0.1) is 24.0 Å². The van der Waals surface area contributed by atoms with E-state index in [0.717, 1.165) is 23.6 Å². The van der Waals surface area contributed by atoms with Crippen LogP contribution in [0, 0.1) is 0 Å². The molecule has 0 spiro atoms.